The summed E-state index contributed by atoms with van der Waals surface area (Å²) < 4.78 is 5.23. The molecule has 0 aliphatic heterocycles. The lowest BCUT2D eigenvalue weighted by Crippen LogP contribution is -2.10. The fourth-order valence-corrected chi connectivity index (χ4v) is 1.11. The number of pyridine rings is 1. The molecule has 5 heteroatoms. The monoisotopic (exact) mass is 268 g/mol. The molecule has 0 aliphatic rings. The maximum Gasteiger partial charge on any atom is 0.301 e. The smallest absolute Gasteiger partial charge is 0.301 e. The van der Waals surface area contributed by atoms with E-state index in [9.17, 15) is 4.79 Å². The van der Waals surface area contributed by atoms with Crippen molar-refractivity contribution in [3.63, 3.8) is 0 Å². The fourth-order valence-electron chi connectivity index (χ4n) is 0.934. The Hall–Kier alpha value is -1.54. The Morgan fingerprint density at radius 3 is 3.20 bits per heavy atom. The number of aromatic nitrogens is 1. The van der Waals surface area contributed by atoms with Gasteiger partial charge in [-0.3, -0.25) is 4.79 Å². The minimum atomic E-state index is -0.416. The third-order valence-corrected chi connectivity index (χ3v) is 1.66. The normalized spacial score (nSPS) is 8.67. The second kappa shape index (κ2) is 6.04. The third-order valence-electron chi connectivity index (χ3n) is 1.46. The molecule has 1 aromatic rings. The topological polar surface area (TPSA) is 51.2 Å². The van der Waals surface area contributed by atoms with E-state index in [2.05, 4.69) is 37.0 Å². The van der Waals surface area contributed by atoms with Crippen LogP contribution in [0, 0.1) is 10.8 Å². The summed E-state index contributed by atoms with van der Waals surface area (Å²) in [6.45, 7) is 2.34. The molecule has 15 heavy (non-hydrogen) atoms. The van der Waals surface area contributed by atoms with Crippen LogP contribution < -0.4 is 10.1 Å². The Morgan fingerprint density at radius 2 is 2.53 bits per heavy atom. The first-order valence-corrected chi connectivity index (χ1v) is 5.07. The summed E-state index contributed by atoms with van der Waals surface area (Å²) in [5.74, 6) is 2.27. The first-order valence-electron chi connectivity index (χ1n) is 4.28. The number of carbonyl (C=O) groups excluding carboxylic acids is 1. The highest BCUT2D eigenvalue weighted by Crippen LogP contribution is 2.19. The lowest BCUT2D eigenvalue weighted by Gasteiger charge is -2.07. The van der Waals surface area contributed by atoms with E-state index in [0.717, 1.165) is 0 Å². The molecule has 1 amide bonds. The molecule has 0 fully saturated rings. The number of nitrogens with zero attached hydrogens (tertiary/aromatic N) is 1. The van der Waals surface area contributed by atoms with Gasteiger partial charge in [-0.05, 0) is 23.9 Å². The Kier molecular flexibility index (Phi) is 4.64. The van der Waals surface area contributed by atoms with E-state index >= 15 is 0 Å². The lowest BCUT2D eigenvalue weighted by molar-refractivity contribution is -0.111. The van der Waals surface area contributed by atoms with Crippen molar-refractivity contribution in [1.29, 1.82) is 0 Å². The van der Waals surface area contributed by atoms with Crippen molar-refractivity contribution in [1.82, 2.24) is 4.98 Å². The molecule has 1 rings (SSSR count). The van der Waals surface area contributed by atoms with Gasteiger partial charge in [0.2, 0.25) is 5.88 Å². The highest BCUT2D eigenvalue weighted by Gasteiger charge is 2.05. The molecule has 0 saturated heterocycles. The molecular weight excluding hydrogens is 260 g/mol. The predicted molar refractivity (Wildman–Crippen MR) is 60.7 cm³/mol. The van der Waals surface area contributed by atoms with E-state index in [0.29, 0.717) is 18.2 Å². The zero-order valence-electron chi connectivity index (χ0n) is 8.08. The van der Waals surface area contributed by atoms with Gasteiger partial charge in [0.15, 0.2) is 0 Å². The van der Waals surface area contributed by atoms with Gasteiger partial charge in [0.25, 0.3) is 0 Å². The van der Waals surface area contributed by atoms with E-state index in [1.807, 2.05) is 6.92 Å². The zero-order chi connectivity index (χ0) is 11.1. The summed E-state index contributed by atoms with van der Waals surface area (Å²) in [5.41, 5.74) is 0.514. The summed E-state index contributed by atoms with van der Waals surface area (Å²) in [4.78, 5) is 17.5. The molecule has 78 valence electrons. The van der Waals surface area contributed by atoms with Gasteiger partial charge in [0, 0.05) is 28.0 Å². The Labute approximate surface area is 96.2 Å². The van der Waals surface area contributed by atoms with E-state index in [-0.39, 0.29) is 0 Å². The fraction of sp³-hybridized carbons (Fsp3) is 0.200. The molecule has 1 heterocycles. The number of rotatable bonds is 3. The largest absolute Gasteiger partial charge is 0.476 e. The summed E-state index contributed by atoms with van der Waals surface area (Å²) in [7, 11) is 0. The number of carbonyl (C=O) groups is 1. The highest BCUT2D eigenvalue weighted by molar-refractivity contribution is 9.12. The molecule has 1 aromatic heterocycles. The quantitative estimate of drug-likeness (QED) is 0.851. The van der Waals surface area contributed by atoms with Crippen LogP contribution in [0.4, 0.5) is 5.69 Å². The molecule has 0 aliphatic carbocycles. The Morgan fingerprint density at radius 1 is 1.73 bits per heavy atom. The van der Waals surface area contributed by atoms with Crippen LogP contribution in [0.2, 0.25) is 0 Å². The van der Waals surface area contributed by atoms with Crippen LogP contribution in [-0.2, 0) is 4.79 Å². The second-order valence-electron chi connectivity index (χ2n) is 2.46. The summed E-state index contributed by atoms with van der Waals surface area (Å²) >= 11 is 2.84. The Bertz CT molecular complexity index is 409. The number of hydrogen-bond acceptors (Lipinski definition) is 3. The van der Waals surface area contributed by atoms with Crippen LogP contribution in [0.3, 0.4) is 0 Å². The van der Waals surface area contributed by atoms with E-state index in [1.54, 1.807) is 18.3 Å². The molecule has 0 saturated carbocycles. The van der Waals surface area contributed by atoms with Gasteiger partial charge in [-0.2, -0.15) is 0 Å². The average Bonchev–Trinajstić information content (AvgIpc) is 2.21. The van der Waals surface area contributed by atoms with Crippen LogP contribution in [-0.4, -0.2) is 17.5 Å². The van der Waals surface area contributed by atoms with Crippen molar-refractivity contribution in [3.8, 4) is 16.6 Å². The molecule has 0 atom stereocenters. The highest BCUT2D eigenvalue weighted by atomic mass is 79.9. The Balaban J connectivity index is 2.82. The number of halogens is 1. The van der Waals surface area contributed by atoms with Crippen LogP contribution in [0.5, 0.6) is 5.88 Å². The molecule has 0 radical (unpaired) electrons. The third kappa shape index (κ3) is 3.60. The molecule has 0 spiro atoms. The number of amides is 1. The molecule has 0 unspecified atom stereocenters. The maximum atomic E-state index is 11.2. The van der Waals surface area contributed by atoms with Gasteiger partial charge in [-0.25, -0.2) is 4.98 Å². The number of hydrogen-bond donors (Lipinski definition) is 1. The zero-order valence-corrected chi connectivity index (χ0v) is 9.67. The van der Waals surface area contributed by atoms with Crippen LogP contribution >= 0.6 is 15.9 Å². The first kappa shape index (κ1) is 11.5. The maximum absolute atomic E-state index is 11.2. The van der Waals surface area contributed by atoms with E-state index in [4.69, 9.17) is 4.74 Å². The molecule has 0 bridgehead atoms. The molecular formula is C10H9BrN2O2. The molecule has 4 nitrogen and oxygen atoms in total. The van der Waals surface area contributed by atoms with Crippen LogP contribution in [0.15, 0.2) is 18.3 Å². The van der Waals surface area contributed by atoms with Crippen molar-refractivity contribution >= 4 is 27.5 Å². The van der Waals surface area contributed by atoms with Gasteiger partial charge >= 0.3 is 5.91 Å². The van der Waals surface area contributed by atoms with Crippen molar-refractivity contribution in [2.75, 3.05) is 11.9 Å². The van der Waals surface area contributed by atoms with Crippen molar-refractivity contribution < 1.29 is 9.53 Å². The number of anilines is 1. The van der Waals surface area contributed by atoms with Crippen molar-refractivity contribution in [3.05, 3.63) is 18.3 Å². The van der Waals surface area contributed by atoms with Crippen LogP contribution in [0.1, 0.15) is 6.92 Å². The standard InChI is InChI=1S/C10H9BrN2O2/c1-2-15-10-8(4-3-7-12-10)13-9(14)5-6-11/h3-4,7H,2H2,1H3,(H,13,14). The van der Waals surface area contributed by atoms with Crippen LogP contribution in [0.25, 0.3) is 0 Å². The molecule has 1 N–H and O–H groups in total. The second-order valence-corrected chi connectivity index (χ2v) is 2.86. The molecule has 0 aromatic carbocycles. The SMILES string of the molecule is CCOc1ncccc1NC(=O)C#CBr. The summed E-state index contributed by atoms with van der Waals surface area (Å²) in [6.07, 6.45) is 1.59. The van der Waals surface area contributed by atoms with E-state index in [1.165, 1.54) is 0 Å². The number of ether oxygens (including phenoxy) is 1. The van der Waals surface area contributed by atoms with Gasteiger partial charge in [-0.1, -0.05) is 0 Å². The van der Waals surface area contributed by atoms with E-state index < -0.39 is 5.91 Å². The van der Waals surface area contributed by atoms with Crippen molar-refractivity contribution in [2.45, 2.75) is 6.92 Å². The predicted octanol–water partition coefficient (Wildman–Crippen LogP) is 1.77. The minimum Gasteiger partial charge on any atom is -0.476 e. The lowest BCUT2D eigenvalue weighted by atomic mass is 10.4. The minimum absolute atomic E-state index is 0.393. The summed E-state index contributed by atoms with van der Waals surface area (Å²) in [6, 6.07) is 3.41. The first-order chi connectivity index (χ1) is 7.27. The number of nitrogens with one attached hydrogen (secondary N) is 1. The van der Waals surface area contributed by atoms with Gasteiger partial charge in [-0.15, -0.1) is 0 Å². The average molecular weight is 269 g/mol. The van der Waals surface area contributed by atoms with Crippen molar-refractivity contribution in [2.24, 2.45) is 0 Å². The summed E-state index contributed by atoms with van der Waals surface area (Å²) in [5, 5.41) is 2.57. The van der Waals surface area contributed by atoms with Gasteiger partial charge < -0.3 is 10.1 Å². The van der Waals surface area contributed by atoms with Gasteiger partial charge in [0.05, 0.1) is 6.61 Å². The van der Waals surface area contributed by atoms with Gasteiger partial charge in [0.1, 0.15) is 5.69 Å².